The maximum absolute atomic E-state index is 4.08. The Morgan fingerprint density at radius 1 is 1.43 bits per heavy atom. The predicted molar refractivity (Wildman–Crippen MR) is 57.5 cm³/mol. The van der Waals surface area contributed by atoms with Gasteiger partial charge in [-0.15, -0.1) is 6.72 Å². The summed E-state index contributed by atoms with van der Waals surface area (Å²) in [5.74, 6) is 0.680. The first-order valence-electron chi connectivity index (χ1n) is 4.25. The van der Waals surface area contributed by atoms with E-state index in [1.807, 2.05) is 6.07 Å². The average Bonchev–Trinajstić information content (AvgIpc) is 2.48. The van der Waals surface area contributed by atoms with Crippen LogP contribution in [-0.4, -0.2) is 6.72 Å². The second kappa shape index (κ2) is 4.73. The Morgan fingerprint density at radius 2 is 2.00 bits per heavy atom. The molecule has 1 rings (SSSR count). The van der Waals surface area contributed by atoms with E-state index in [0.717, 1.165) is 11.1 Å². The molecule has 14 heavy (non-hydrogen) atoms. The van der Waals surface area contributed by atoms with Gasteiger partial charge in [0, 0.05) is 20.4 Å². The van der Waals surface area contributed by atoms with Gasteiger partial charge < -0.3 is 9.98 Å². The van der Waals surface area contributed by atoms with Crippen molar-refractivity contribution >= 4 is 18.1 Å². The average molecular weight is 361 g/mol. The second-order valence-electron chi connectivity index (χ2n) is 4.07. The zero-order valence-corrected chi connectivity index (χ0v) is 11.6. The molecule has 0 aliphatic heterocycles. The first kappa shape index (κ1) is 13.4. The van der Waals surface area contributed by atoms with Gasteiger partial charge in [0.25, 0.3) is 0 Å². The fraction of sp³-hybridized carbons (Fsp3) is 0.364. The quantitative estimate of drug-likeness (QED) is 0.744. The van der Waals surface area contributed by atoms with E-state index in [9.17, 15) is 0 Å². The minimum Gasteiger partial charge on any atom is -0.450 e. The zero-order valence-electron chi connectivity index (χ0n) is 8.84. The molecule has 0 spiro atoms. The molecule has 0 amide bonds. The summed E-state index contributed by atoms with van der Waals surface area (Å²) in [5, 5.41) is 0. The van der Waals surface area contributed by atoms with Crippen molar-refractivity contribution in [3.8, 4) is 0 Å². The molecule has 0 atom stereocenters. The van der Waals surface area contributed by atoms with E-state index in [2.05, 4.69) is 44.0 Å². The van der Waals surface area contributed by atoms with Crippen molar-refractivity contribution in [1.29, 1.82) is 0 Å². The molecule has 0 saturated heterocycles. The van der Waals surface area contributed by atoms with Crippen molar-refractivity contribution < 1.29 is 20.4 Å². The first-order chi connectivity index (χ1) is 5.96. The van der Waals surface area contributed by atoms with E-state index in [1.54, 1.807) is 6.20 Å². The second-order valence-corrected chi connectivity index (χ2v) is 4.07. The van der Waals surface area contributed by atoms with E-state index in [1.165, 1.54) is 0 Å². The van der Waals surface area contributed by atoms with Gasteiger partial charge in [-0.1, -0.05) is 45.4 Å². The normalized spacial score (nSPS) is 10.5. The third-order valence-electron chi connectivity index (χ3n) is 2.06. The summed E-state index contributed by atoms with van der Waals surface area (Å²) in [4.78, 5) is 7.92. The smallest absolute Gasteiger partial charge is 0 e. The van der Waals surface area contributed by atoms with E-state index in [0.29, 0.717) is 5.82 Å². The van der Waals surface area contributed by atoms with Gasteiger partial charge in [0.15, 0.2) is 0 Å². The van der Waals surface area contributed by atoms with E-state index in [4.69, 9.17) is 0 Å². The van der Waals surface area contributed by atoms with Gasteiger partial charge in [-0.2, -0.15) is 0 Å². The summed E-state index contributed by atoms with van der Waals surface area (Å²) in [5.41, 5.74) is 2.10. The molecule has 77 valence electrons. The van der Waals surface area contributed by atoms with Crippen LogP contribution in [-0.2, 0) is 20.4 Å². The van der Waals surface area contributed by atoms with E-state index in [-0.39, 0.29) is 25.8 Å². The number of aliphatic imine (C=N–C) groups is 1. The summed E-state index contributed by atoms with van der Waals surface area (Å²) >= 11 is 0. The molecule has 0 aliphatic carbocycles. The minimum atomic E-state index is 0. The number of hydrogen-bond acceptors (Lipinski definition) is 1. The monoisotopic (exact) mass is 362 g/mol. The SMILES string of the molecule is C=Nc1[n-]ccc1C(=C)C(C)(C)C.[Re]. The van der Waals surface area contributed by atoms with Crippen molar-refractivity contribution in [3.63, 3.8) is 0 Å². The molecule has 1 aromatic rings. The standard InChI is InChI=1S/C11H15N2.Re/c1-8(11(2,3)4)9-6-7-13-10(9)12-5;/h6-7H,1,5H2,2-4H3;/q-1;. The molecule has 1 heterocycles. The fourth-order valence-electron chi connectivity index (χ4n) is 1.09. The molecule has 0 saturated carbocycles. The number of aromatic nitrogens is 1. The molecule has 0 bridgehead atoms. The Kier molecular flexibility index (Phi) is 4.51. The van der Waals surface area contributed by atoms with E-state index >= 15 is 0 Å². The minimum absolute atomic E-state index is 0. The number of hydrogen-bond donors (Lipinski definition) is 0. The number of allylic oxidation sites excluding steroid dienone is 1. The summed E-state index contributed by atoms with van der Waals surface area (Å²) in [6.07, 6.45) is 1.73. The van der Waals surface area contributed by atoms with Gasteiger partial charge in [0.05, 0.1) is 0 Å². The summed E-state index contributed by atoms with van der Waals surface area (Å²) in [7, 11) is 0. The van der Waals surface area contributed by atoms with Crippen LogP contribution in [0.15, 0.2) is 23.8 Å². The molecular weight excluding hydrogens is 346 g/mol. The molecular formula is C11H15N2Re-. The third kappa shape index (κ3) is 2.67. The van der Waals surface area contributed by atoms with E-state index < -0.39 is 0 Å². The molecule has 0 aromatic carbocycles. The third-order valence-corrected chi connectivity index (χ3v) is 2.06. The van der Waals surface area contributed by atoms with Crippen LogP contribution in [0.25, 0.3) is 5.57 Å². The topological polar surface area (TPSA) is 26.5 Å². The molecule has 1 aromatic heterocycles. The number of nitrogens with zero attached hydrogens (tertiary/aromatic N) is 2. The van der Waals surface area contributed by atoms with Crippen LogP contribution >= 0.6 is 0 Å². The van der Waals surface area contributed by atoms with Crippen LogP contribution in [0.1, 0.15) is 26.3 Å². The van der Waals surface area contributed by atoms with Crippen molar-refractivity contribution in [2.45, 2.75) is 20.8 Å². The van der Waals surface area contributed by atoms with Crippen molar-refractivity contribution in [3.05, 3.63) is 24.4 Å². The Balaban J connectivity index is 0.00000169. The van der Waals surface area contributed by atoms with Gasteiger partial charge in [-0.25, -0.2) is 0 Å². The Morgan fingerprint density at radius 3 is 2.43 bits per heavy atom. The predicted octanol–water partition coefficient (Wildman–Crippen LogP) is 3.03. The van der Waals surface area contributed by atoms with Crippen molar-refractivity contribution in [2.75, 3.05) is 0 Å². The van der Waals surface area contributed by atoms with Crippen molar-refractivity contribution in [2.24, 2.45) is 10.4 Å². The Hall–Kier alpha value is -0.648. The molecule has 3 heteroatoms. The molecule has 0 unspecified atom stereocenters. The van der Waals surface area contributed by atoms with Crippen LogP contribution in [0.3, 0.4) is 0 Å². The molecule has 2 nitrogen and oxygen atoms in total. The Labute approximate surface area is 99.2 Å². The summed E-state index contributed by atoms with van der Waals surface area (Å²) in [6.45, 7) is 13.9. The molecule has 0 N–H and O–H groups in total. The molecule has 0 fully saturated rings. The van der Waals surface area contributed by atoms with Gasteiger partial charge in [0.2, 0.25) is 0 Å². The summed E-state index contributed by atoms with van der Waals surface area (Å²) < 4.78 is 0. The fourth-order valence-corrected chi connectivity index (χ4v) is 1.09. The van der Waals surface area contributed by atoms with Gasteiger partial charge in [-0.3, -0.25) is 0 Å². The van der Waals surface area contributed by atoms with Gasteiger partial charge >= 0.3 is 0 Å². The van der Waals surface area contributed by atoms with Crippen LogP contribution in [0, 0.1) is 5.41 Å². The van der Waals surface area contributed by atoms with Gasteiger partial charge in [-0.05, 0) is 16.6 Å². The van der Waals surface area contributed by atoms with Crippen LogP contribution < -0.4 is 4.98 Å². The maximum Gasteiger partial charge on any atom is 0 e. The van der Waals surface area contributed by atoms with Gasteiger partial charge in [0.1, 0.15) is 0 Å². The van der Waals surface area contributed by atoms with Crippen molar-refractivity contribution in [1.82, 2.24) is 4.98 Å². The molecule has 1 radical (unpaired) electrons. The first-order valence-corrected chi connectivity index (χ1v) is 4.25. The zero-order chi connectivity index (χ0) is 10.1. The number of rotatable bonds is 2. The molecule has 0 aliphatic rings. The van der Waals surface area contributed by atoms with Crippen LogP contribution in [0.2, 0.25) is 0 Å². The van der Waals surface area contributed by atoms with Crippen LogP contribution in [0.5, 0.6) is 0 Å². The largest absolute Gasteiger partial charge is 0.450 e. The summed E-state index contributed by atoms with van der Waals surface area (Å²) in [6, 6.07) is 1.93. The Bertz CT molecular complexity index is 331. The maximum atomic E-state index is 4.08. The van der Waals surface area contributed by atoms with Crippen LogP contribution in [0.4, 0.5) is 5.82 Å².